The van der Waals surface area contributed by atoms with Gasteiger partial charge in [-0.25, -0.2) is 4.98 Å². The second kappa shape index (κ2) is 7.90. The molecule has 1 aliphatic carbocycles. The largest absolute Gasteiger partial charge is 0.377 e. The standard InChI is InChI=1S/C16H30N4O/c1-4-11-17-14(12-15-18-13-19-20(15)5-2)16(21-3)9-7-6-8-10-16/h13-14,17H,4-12H2,1-3H3. The fourth-order valence-electron chi connectivity index (χ4n) is 3.50. The Morgan fingerprint density at radius 1 is 1.33 bits per heavy atom. The van der Waals surface area contributed by atoms with Gasteiger partial charge in [0.05, 0.1) is 5.60 Å². The molecule has 0 bridgehead atoms. The summed E-state index contributed by atoms with van der Waals surface area (Å²) in [5.41, 5.74) is -0.0437. The van der Waals surface area contributed by atoms with Crippen molar-refractivity contribution in [1.82, 2.24) is 20.1 Å². The van der Waals surface area contributed by atoms with Crippen LogP contribution in [0.5, 0.6) is 0 Å². The summed E-state index contributed by atoms with van der Waals surface area (Å²) in [7, 11) is 1.87. The molecule has 0 spiro atoms. The van der Waals surface area contributed by atoms with Crippen molar-refractivity contribution < 1.29 is 4.74 Å². The van der Waals surface area contributed by atoms with Gasteiger partial charge < -0.3 is 10.1 Å². The van der Waals surface area contributed by atoms with Gasteiger partial charge in [0.2, 0.25) is 0 Å². The van der Waals surface area contributed by atoms with Gasteiger partial charge in [0.25, 0.3) is 0 Å². The zero-order valence-electron chi connectivity index (χ0n) is 13.8. The smallest absolute Gasteiger partial charge is 0.138 e. The molecule has 1 unspecified atom stereocenters. The minimum atomic E-state index is -0.0437. The van der Waals surface area contributed by atoms with E-state index in [1.807, 2.05) is 11.8 Å². The summed E-state index contributed by atoms with van der Waals surface area (Å²) >= 11 is 0. The van der Waals surface area contributed by atoms with E-state index in [-0.39, 0.29) is 5.60 Å². The highest BCUT2D eigenvalue weighted by molar-refractivity contribution is 5.01. The lowest BCUT2D eigenvalue weighted by Crippen LogP contribution is -2.54. The predicted molar refractivity (Wildman–Crippen MR) is 84.3 cm³/mol. The number of methoxy groups -OCH3 is 1. The van der Waals surface area contributed by atoms with Crippen molar-refractivity contribution in [2.75, 3.05) is 13.7 Å². The predicted octanol–water partition coefficient (Wildman–Crippen LogP) is 2.56. The van der Waals surface area contributed by atoms with E-state index >= 15 is 0 Å². The molecule has 1 aromatic rings. The molecule has 2 rings (SSSR count). The molecule has 1 fully saturated rings. The van der Waals surface area contributed by atoms with Crippen molar-refractivity contribution in [1.29, 1.82) is 0 Å². The number of rotatable bonds is 8. The third-order valence-corrected chi connectivity index (χ3v) is 4.76. The van der Waals surface area contributed by atoms with Crippen molar-refractivity contribution in [2.24, 2.45) is 0 Å². The first-order valence-corrected chi connectivity index (χ1v) is 8.41. The minimum Gasteiger partial charge on any atom is -0.377 e. The van der Waals surface area contributed by atoms with Crippen molar-refractivity contribution in [3.63, 3.8) is 0 Å². The number of aromatic nitrogens is 3. The van der Waals surface area contributed by atoms with E-state index in [0.29, 0.717) is 6.04 Å². The first-order valence-electron chi connectivity index (χ1n) is 8.41. The maximum atomic E-state index is 6.04. The molecule has 1 N–H and O–H groups in total. The number of ether oxygens (including phenoxy) is 1. The van der Waals surface area contributed by atoms with Crippen LogP contribution < -0.4 is 5.32 Å². The third-order valence-electron chi connectivity index (χ3n) is 4.76. The van der Waals surface area contributed by atoms with Crippen molar-refractivity contribution >= 4 is 0 Å². The second-order valence-electron chi connectivity index (χ2n) is 6.03. The van der Waals surface area contributed by atoms with E-state index in [9.17, 15) is 0 Å². The van der Waals surface area contributed by atoms with Crippen LogP contribution in [0, 0.1) is 0 Å². The molecular formula is C16H30N4O. The van der Waals surface area contributed by atoms with Crippen LogP contribution in [0.1, 0.15) is 58.2 Å². The molecule has 0 saturated heterocycles. The van der Waals surface area contributed by atoms with E-state index in [1.165, 1.54) is 19.3 Å². The Kier molecular flexibility index (Phi) is 6.18. The maximum absolute atomic E-state index is 6.04. The monoisotopic (exact) mass is 294 g/mol. The summed E-state index contributed by atoms with van der Waals surface area (Å²) < 4.78 is 8.03. The fraction of sp³-hybridized carbons (Fsp3) is 0.875. The van der Waals surface area contributed by atoms with Crippen LogP contribution in [0.25, 0.3) is 0 Å². The molecule has 1 heterocycles. The van der Waals surface area contributed by atoms with Crippen LogP contribution >= 0.6 is 0 Å². The Bertz CT molecular complexity index is 412. The molecule has 1 aliphatic rings. The molecule has 120 valence electrons. The minimum absolute atomic E-state index is 0.0437. The fourth-order valence-corrected chi connectivity index (χ4v) is 3.50. The molecule has 21 heavy (non-hydrogen) atoms. The Labute approximate surface area is 128 Å². The van der Waals surface area contributed by atoms with Gasteiger partial charge >= 0.3 is 0 Å². The second-order valence-corrected chi connectivity index (χ2v) is 6.03. The summed E-state index contributed by atoms with van der Waals surface area (Å²) in [6.45, 7) is 6.21. The Hall–Kier alpha value is -0.940. The van der Waals surface area contributed by atoms with E-state index in [4.69, 9.17) is 4.74 Å². The highest BCUT2D eigenvalue weighted by Crippen LogP contribution is 2.35. The number of nitrogens with zero attached hydrogens (tertiary/aromatic N) is 3. The summed E-state index contributed by atoms with van der Waals surface area (Å²) in [6, 6.07) is 0.317. The normalized spacial score (nSPS) is 19.6. The van der Waals surface area contributed by atoms with Gasteiger partial charge in [0.1, 0.15) is 12.2 Å². The van der Waals surface area contributed by atoms with Crippen molar-refractivity contribution in [2.45, 2.75) is 77.0 Å². The molecule has 1 saturated carbocycles. The summed E-state index contributed by atoms with van der Waals surface area (Å²) in [4.78, 5) is 4.45. The van der Waals surface area contributed by atoms with E-state index in [0.717, 1.165) is 44.6 Å². The number of hydrogen-bond donors (Lipinski definition) is 1. The first kappa shape index (κ1) is 16.4. The molecule has 0 aliphatic heterocycles. The first-order chi connectivity index (χ1) is 10.3. The number of aryl methyl sites for hydroxylation is 1. The lowest BCUT2D eigenvalue weighted by Gasteiger charge is -2.43. The van der Waals surface area contributed by atoms with Gasteiger partial charge in [-0.05, 0) is 32.7 Å². The topological polar surface area (TPSA) is 52.0 Å². The van der Waals surface area contributed by atoms with Crippen molar-refractivity contribution in [3.05, 3.63) is 12.2 Å². The van der Waals surface area contributed by atoms with E-state index in [2.05, 4.69) is 29.2 Å². The van der Waals surface area contributed by atoms with Crippen LogP contribution in [-0.2, 0) is 17.7 Å². The third kappa shape index (κ3) is 3.83. The molecular weight excluding hydrogens is 264 g/mol. The average Bonchev–Trinajstić information content (AvgIpc) is 2.99. The lowest BCUT2D eigenvalue weighted by molar-refractivity contribution is -0.0678. The van der Waals surface area contributed by atoms with Crippen LogP contribution in [0.3, 0.4) is 0 Å². The highest BCUT2D eigenvalue weighted by atomic mass is 16.5. The molecule has 0 radical (unpaired) electrons. The SMILES string of the molecule is CCCNC(Cc1ncnn1CC)C1(OC)CCCCC1. The van der Waals surface area contributed by atoms with Crippen LogP contribution in [-0.4, -0.2) is 40.1 Å². The van der Waals surface area contributed by atoms with Gasteiger partial charge in [0.15, 0.2) is 0 Å². The molecule has 5 heteroatoms. The van der Waals surface area contributed by atoms with Crippen LogP contribution in [0.2, 0.25) is 0 Å². The van der Waals surface area contributed by atoms with Crippen LogP contribution in [0.4, 0.5) is 0 Å². The molecule has 5 nitrogen and oxygen atoms in total. The zero-order valence-corrected chi connectivity index (χ0v) is 13.8. The zero-order chi connectivity index (χ0) is 15.1. The van der Waals surface area contributed by atoms with Crippen molar-refractivity contribution in [3.8, 4) is 0 Å². The van der Waals surface area contributed by atoms with Gasteiger partial charge in [-0.3, -0.25) is 4.68 Å². The van der Waals surface area contributed by atoms with Gasteiger partial charge in [-0.2, -0.15) is 5.10 Å². The molecule has 1 aromatic heterocycles. The van der Waals surface area contributed by atoms with Gasteiger partial charge in [0, 0.05) is 26.1 Å². The molecule has 0 aromatic carbocycles. The summed E-state index contributed by atoms with van der Waals surface area (Å²) in [5, 5.41) is 8.01. The van der Waals surface area contributed by atoms with E-state index < -0.39 is 0 Å². The highest BCUT2D eigenvalue weighted by Gasteiger charge is 2.40. The maximum Gasteiger partial charge on any atom is 0.138 e. The van der Waals surface area contributed by atoms with Gasteiger partial charge in [-0.15, -0.1) is 0 Å². The summed E-state index contributed by atoms with van der Waals surface area (Å²) in [5.74, 6) is 1.06. The Morgan fingerprint density at radius 2 is 2.10 bits per heavy atom. The lowest BCUT2D eigenvalue weighted by atomic mass is 9.77. The Morgan fingerprint density at radius 3 is 2.71 bits per heavy atom. The quantitative estimate of drug-likeness (QED) is 0.800. The number of nitrogens with one attached hydrogen (secondary N) is 1. The average molecular weight is 294 g/mol. The molecule has 0 amide bonds. The van der Waals surface area contributed by atoms with Gasteiger partial charge in [-0.1, -0.05) is 26.2 Å². The van der Waals surface area contributed by atoms with Crippen LogP contribution in [0.15, 0.2) is 6.33 Å². The summed E-state index contributed by atoms with van der Waals surface area (Å²) in [6.07, 6.45) is 9.83. The molecule has 1 atom stereocenters. The Balaban J connectivity index is 2.16. The van der Waals surface area contributed by atoms with E-state index in [1.54, 1.807) is 6.33 Å². The number of hydrogen-bond acceptors (Lipinski definition) is 4.